The van der Waals surface area contributed by atoms with Crippen LogP contribution in [0.3, 0.4) is 0 Å². The first-order chi connectivity index (χ1) is 13.4. The minimum absolute atomic E-state index is 0.0111. The van der Waals surface area contributed by atoms with Crippen molar-refractivity contribution >= 4 is 11.8 Å². The molecular weight excluding hydrogens is 360 g/mol. The molecule has 1 aromatic heterocycles. The highest BCUT2D eigenvalue weighted by Gasteiger charge is 2.54. The number of rotatable bonds is 2. The van der Waals surface area contributed by atoms with Gasteiger partial charge in [-0.25, -0.2) is 0 Å². The molecule has 7 heteroatoms. The lowest BCUT2D eigenvalue weighted by molar-refractivity contribution is -0.149. The second-order valence-corrected chi connectivity index (χ2v) is 8.42. The number of carbonyl (C=O) groups is 2. The molecule has 2 amide bonds. The van der Waals surface area contributed by atoms with Gasteiger partial charge in [-0.15, -0.1) is 0 Å². The van der Waals surface area contributed by atoms with E-state index < -0.39 is 5.54 Å². The van der Waals surface area contributed by atoms with Crippen LogP contribution in [-0.2, 0) is 4.79 Å². The molecule has 3 fully saturated rings. The fourth-order valence-corrected chi connectivity index (χ4v) is 5.23. The number of carbonyl (C=O) groups excluding carboxylic acids is 2. The van der Waals surface area contributed by atoms with E-state index >= 15 is 0 Å². The summed E-state index contributed by atoms with van der Waals surface area (Å²) in [7, 11) is 0. The molecule has 0 aromatic carbocycles. The van der Waals surface area contributed by atoms with Gasteiger partial charge in [0.2, 0.25) is 5.91 Å². The van der Waals surface area contributed by atoms with Crippen molar-refractivity contribution in [3.63, 3.8) is 0 Å². The maximum atomic E-state index is 13.6. The van der Waals surface area contributed by atoms with Crippen molar-refractivity contribution in [2.24, 2.45) is 0 Å². The first kappa shape index (κ1) is 19.2. The smallest absolute Gasteiger partial charge is 0.290 e. The molecule has 7 nitrogen and oxygen atoms in total. The Kier molecular flexibility index (Phi) is 5.04. The van der Waals surface area contributed by atoms with E-state index in [-0.39, 0.29) is 35.1 Å². The standard InChI is InChI=1S/C21H28N2O5/c1-14-12-17(25)13-18(28-14)19(26)23-11-3-9-21(23)8-2-10-22(20(21)27)15-4-6-16(24)7-5-15/h12-13,15-16,24H,2-11H2,1H3. The van der Waals surface area contributed by atoms with Crippen LogP contribution in [0.4, 0.5) is 0 Å². The van der Waals surface area contributed by atoms with Gasteiger partial charge in [-0.2, -0.15) is 0 Å². The summed E-state index contributed by atoms with van der Waals surface area (Å²) in [6.07, 6.45) is 5.72. The number of hydrogen-bond acceptors (Lipinski definition) is 5. The van der Waals surface area contributed by atoms with Crippen LogP contribution >= 0.6 is 0 Å². The Morgan fingerprint density at radius 3 is 2.46 bits per heavy atom. The van der Waals surface area contributed by atoms with Crippen LogP contribution in [0.15, 0.2) is 21.3 Å². The predicted molar refractivity (Wildman–Crippen MR) is 102 cm³/mol. The van der Waals surface area contributed by atoms with Crippen molar-refractivity contribution in [1.29, 1.82) is 0 Å². The van der Waals surface area contributed by atoms with E-state index in [1.54, 1.807) is 11.8 Å². The first-order valence-electron chi connectivity index (χ1n) is 10.3. The molecule has 3 heterocycles. The fraction of sp³-hybridized carbons (Fsp3) is 0.667. The fourth-order valence-electron chi connectivity index (χ4n) is 5.23. The van der Waals surface area contributed by atoms with Crippen molar-refractivity contribution in [3.8, 4) is 0 Å². The highest BCUT2D eigenvalue weighted by atomic mass is 16.3. The molecule has 1 aromatic rings. The number of piperidine rings is 1. The van der Waals surface area contributed by atoms with Gasteiger partial charge in [0, 0.05) is 31.3 Å². The van der Waals surface area contributed by atoms with E-state index in [1.807, 2.05) is 4.90 Å². The third-order valence-corrected chi connectivity index (χ3v) is 6.59. The largest absolute Gasteiger partial charge is 0.456 e. The van der Waals surface area contributed by atoms with E-state index in [9.17, 15) is 19.5 Å². The summed E-state index contributed by atoms with van der Waals surface area (Å²) in [5.74, 6) is 0.0620. The van der Waals surface area contributed by atoms with Crippen LogP contribution in [0, 0.1) is 6.92 Å². The number of likely N-dealkylation sites (tertiary alicyclic amines) is 2. The van der Waals surface area contributed by atoms with Crippen molar-refractivity contribution in [2.45, 2.75) is 76.0 Å². The van der Waals surface area contributed by atoms with Crippen molar-refractivity contribution in [2.75, 3.05) is 13.1 Å². The molecule has 4 rings (SSSR count). The molecule has 0 radical (unpaired) electrons. The Hall–Kier alpha value is -2.15. The normalized spacial score (nSPS) is 30.9. The van der Waals surface area contributed by atoms with E-state index in [1.165, 1.54) is 12.1 Å². The monoisotopic (exact) mass is 388 g/mol. The SMILES string of the molecule is Cc1cc(=O)cc(C(=O)N2CCCC23CCCN(C2CCC(O)CC2)C3=O)o1. The lowest BCUT2D eigenvalue weighted by Gasteiger charge is -2.48. The summed E-state index contributed by atoms with van der Waals surface area (Å²) in [6, 6.07) is 2.71. The number of aryl methyl sites for hydroxylation is 1. The number of aliphatic hydroxyl groups is 1. The van der Waals surface area contributed by atoms with Crippen LogP contribution in [0.2, 0.25) is 0 Å². The Bertz CT molecular complexity index is 826. The molecule has 2 aliphatic heterocycles. The summed E-state index contributed by atoms with van der Waals surface area (Å²) in [5, 5.41) is 9.79. The van der Waals surface area contributed by atoms with Crippen molar-refractivity contribution in [3.05, 3.63) is 33.9 Å². The molecular formula is C21H28N2O5. The van der Waals surface area contributed by atoms with Gasteiger partial charge >= 0.3 is 0 Å². The number of nitrogens with zero attached hydrogens (tertiary/aromatic N) is 2. The quantitative estimate of drug-likeness (QED) is 0.835. The molecule has 1 N–H and O–H groups in total. The minimum Gasteiger partial charge on any atom is -0.456 e. The van der Waals surface area contributed by atoms with Crippen LogP contribution in [0.5, 0.6) is 0 Å². The van der Waals surface area contributed by atoms with Gasteiger partial charge < -0.3 is 19.3 Å². The number of aliphatic hydroxyl groups excluding tert-OH is 1. The molecule has 1 unspecified atom stereocenters. The zero-order chi connectivity index (χ0) is 19.9. The van der Waals surface area contributed by atoms with Crippen molar-refractivity contribution in [1.82, 2.24) is 9.80 Å². The van der Waals surface area contributed by atoms with Gasteiger partial charge in [-0.1, -0.05) is 0 Å². The van der Waals surface area contributed by atoms with Crippen LogP contribution in [0.25, 0.3) is 0 Å². The zero-order valence-corrected chi connectivity index (χ0v) is 16.4. The Balaban J connectivity index is 1.60. The highest BCUT2D eigenvalue weighted by Crippen LogP contribution is 2.41. The van der Waals surface area contributed by atoms with E-state index in [4.69, 9.17) is 4.42 Å². The van der Waals surface area contributed by atoms with Gasteiger partial charge in [0.25, 0.3) is 5.91 Å². The van der Waals surface area contributed by atoms with Gasteiger partial charge in [-0.05, 0) is 58.3 Å². The van der Waals surface area contributed by atoms with Gasteiger partial charge in [0.15, 0.2) is 11.2 Å². The molecule has 3 aliphatic rings. The lowest BCUT2D eigenvalue weighted by Crippen LogP contribution is -2.63. The Morgan fingerprint density at radius 1 is 1.11 bits per heavy atom. The predicted octanol–water partition coefficient (Wildman–Crippen LogP) is 1.85. The summed E-state index contributed by atoms with van der Waals surface area (Å²) in [4.78, 5) is 42.2. The Morgan fingerprint density at radius 2 is 1.79 bits per heavy atom. The summed E-state index contributed by atoms with van der Waals surface area (Å²) < 4.78 is 5.51. The Labute approximate surface area is 164 Å². The lowest BCUT2D eigenvalue weighted by atomic mass is 9.82. The average molecular weight is 388 g/mol. The zero-order valence-electron chi connectivity index (χ0n) is 16.4. The topological polar surface area (TPSA) is 91.1 Å². The maximum absolute atomic E-state index is 13.6. The molecule has 2 saturated heterocycles. The molecule has 1 atom stereocenters. The summed E-state index contributed by atoms with van der Waals surface area (Å²) in [5.41, 5.74) is -1.09. The molecule has 1 aliphatic carbocycles. The van der Waals surface area contributed by atoms with E-state index in [0.717, 1.165) is 38.5 Å². The van der Waals surface area contributed by atoms with Crippen LogP contribution < -0.4 is 5.43 Å². The molecule has 1 saturated carbocycles. The minimum atomic E-state index is -0.826. The van der Waals surface area contributed by atoms with Crippen LogP contribution in [0.1, 0.15) is 67.7 Å². The second-order valence-electron chi connectivity index (χ2n) is 8.42. The second kappa shape index (κ2) is 7.35. The van der Waals surface area contributed by atoms with Crippen LogP contribution in [-0.4, -0.2) is 57.5 Å². The molecule has 1 spiro atoms. The van der Waals surface area contributed by atoms with Gasteiger partial charge in [0.05, 0.1) is 6.10 Å². The highest BCUT2D eigenvalue weighted by molar-refractivity contribution is 5.98. The molecule has 28 heavy (non-hydrogen) atoms. The number of hydrogen-bond donors (Lipinski definition) is 1. The molecule has 0 bridgehead atoms. The third-order valence-electron chi connectivity index (χ3n) is 6.59. The van der Waals surface area contributed by atoms with E-state index in [2.05, 4.69) is 0 Å². The van der Waals surface area contributed by atoms with Gasteiger partial charge in [0.1, 0.15) is 11.3 Å². The maximum Gasteiger partial charge on any atom is 0.290 e. The van der Waals surface area contributed by atoms with E-state index in [0.29, 0.717) is 31.7 Å². The van der Waals surface area contributed by atoms with Crippen molar-refractivity contribution < 1.29 is 19.1 Å². The first-order valence-corrected chi connectivity index (χ1v) is 10.3. The summed E-state index contributed by atoms with van der Waals surface area (Å²) in [6.45, 7) is 2.85. The number of amides is 2. The van der Waals surface area contributed by atoms with Gasteiger partial charge in [-0.3, -0.25) is 14.4 Å². The summed E-state index contributed by atoms with van der Waals surface area (Å²) >= 11 is 0. The average Bonchev–Trinajstić information content (AvgIpc) is 3.08. The third kappa shape index (κ3) is 3.26. The molecule has 152 valence electrons.